The summed E-state index contributed by atoms with van der Waals surface area (Å²) in [5, 5.41) is 2.14. The number of amides is 1. The molecule has 0 aromatic heterocycles. The van der Waals surface area contributed by atoms with Gasteiger partial charge in [0.1, 0.15) is 6.54 Å². The summed E-state index contributed by atoms with van der Waals surface area (Å²) < 4.78 is 23.9. The van der Waals surface area contributed by atoms with Gasteiger partial charge >= 0.3 is 0 Å². The van der Waals surface area contributed by atoms with Crippen LogP contribution in [0.1, 0.15) is 5.56 Å². The summed E-state index contributed by atoms with van der Waals surface area (Å²) in [6, 6.07) is 9.21. The third-order valence-corrected chi connectivity index (χ3v) is 3.26. The van der Waals surface area contributed by atoms with Crippen LogP contribution in [0.2, 0.25) is 0 Å². The Morgan fingerprint density at radius 2 is 2.00 bits per heavy atom. The molecule has 1 rings (SSSR count). The largest absolute Gasteiger partial charge is 0.353 e. The van der Waals surface area contributed by atoms with Crippen LogP contribution in [0.5, 0.6) is 0 Å². The summed E-state index contributed by atoms with van der Waals surface area (Å²) in [6.45, 7) is -0.286. The zero-order chi connectivity index (χ0) is 13.6. The van der Waals surface area contributed by atoms with Crippen molar-refractivity contribution in [3.05, 3.63) is 49.1 Å². The van der Waals surface area contributed by atoms with E-state index >= 15 is 0 Å². The lowest BCUT2D eigenvalue weighted by molar-refractivity contribution is -0.120. The van der Waals surface area contributed by atoms with E-state index in [4.69, 9.17) is 0 Å². The molecule has 5 nitrogen and oxygen atoms in total. The smallest absolute Gasteiger partial charge is 0.240 e. The van der Waals surface area contributed by atoms with Crippen molar-refractivity contribution in [1.29, 1.82) is 0 Å². The van der Waals surface area contributed by atoms with Crippen molar-refractivity contribution < 1.29 is 13.2 Å². The number of carbonyl (C=O) groups is 1. The van der Waals surface area contributed by atoms with E-state index in [0.717, 1.165) is 16.1 Å². The van der Waals surface area contributed by atoms with Crippen molar-refractivity contribution >= 4 is 22.0 Å². The zero-order valence-electron chi connectivity index (χ0n) is 10.0. The molecule has 0 spiro atoms. The average molecular weight is 267 g/mol. The van der Waals surface area contributed by atoms with Crippen LogP contribution in [-0.4, -0.2) is 31.4 Å². The molecular weight excluding hydrogens is 252 g/mol. The molecule has 6 heteroatoms. The van der Waals surface area contributed by atoms with E-state index in [1.807, 2.05) is 30.3 Å². The Morgan fingerprint density at radius 3 is 2.50 bits per heavy atom. The van der Waals surface area contributed by atoms with Crippen LogP contribution >= 0.6 is 0 Å². The maximum atomic E-state index is 11.5. The summed E-state index contributed by atoms with van der Waals surface area (Å²) in [5.41, 5.74) is 0.848. The molecule has 0 aliphatic carbocycles. The molecule has 0 bridgehead atoms. The first-order valence-electron chi connectivity index (χ1n) is 5.19. The summed E-state index contributed by atoms with van der Waals surface area (Å²) in [5.74, 6) is -0.474. The Kier molecular flexibility index (Phi) is 4.91. The first kappa shape index (κ1) is 14.2. The maximum absolute atomic E-state index is 11.5. The predicted octanol–water partition coefficient (Wildman–Crippen LogP) is 0.827. The van der Waals surface area contributed by atoms with Gasteiger partial charge < -0.3 is 5.32 Å². The SMILES string of the molecule is [CH2]NC(=O)CN(C=Cc1ccccc1)S(C)(=O)=O. The maximum Gasteiger partial charge on any atom is 0.240 e. The number of nitrogens with zero attached hydrogens (tertiary/aromatic N) is 1. The fourth-order valence-corrected chi connectivity index (χ4v) is 1.85. The Balaban J connectivity index is 2.86. The van der Waals surface area contributed by atoms with Gasteiger partial charge in [-0.15, -0.1) is 0 Å². The van der Waals surface area contributed by atoms with E-state index in [1.54, 1.807) is 6.08 Å². The summed E-state index contributed by atoms with van der Waals surface area (Å²) in [6.07, 6.45) is 4.02. The molecule has 0 fully saturated rings. The Bertz CT molecular complexity index is 524. The minimum atomic E-state index is -3.48. The van der Waals surface area contributed by atoms with Gasteiger partial charge in [-0.05, 0) is 11.6 Å². The molecule has 1 amide bonds. The molecule has 0 unspecified atom stereocenters. The second kappa shape index (κ2) is 6.20. The van der Waals surface area contributed by atoms with Crippen molar-refractivity contribution in [1.82, 2.24) is 9.62 Å². The zero-order valence-corrected chi connectivity index (χ0v) is 10.9. The van der Waals surface area contributed by atoms with Crippen LogP contribution in [0.4, 0.5) is 0 Å². The van der Waals surface area contributed by atoms with E-state index in [2.05, 4.69) is 12.4 Å². The van der Waals surface area contributed by atoms with Crippen LogP contribution in [0.15, 0.2) is 36.5 Å². The highest BCUT2D eigenvalue weighted by molar-refractivity contribution is 7.88. The molecule has 97 valence electrons. The molecular formula is C12H15N2O3S. The van der Waals surface area contributed by atoms with Crippen molar-refractivity contribution in [2.24, 2.45) is 0 Å². The summed E-state index contributed by atoms with van der Waals surface area (Å²) in [4.78, 5) is 11.2. The van der Waals surface area contributed by atoms with Crippen molar-refractivity contribution in [3.8, 4) is 0 Å². The number of hydrogen-bond acceptors (Lipinski definition) is 3. The molecule has 0 aliphatic heterocycles. The predicted molar refractivity (Wildman–Crippen MR) is 70.5 cm³/mol. The van der Waals surface area contributed by atoms with Gasteiger partial charge in [0.2, 0.25) is 15.9 Å². The van der Waals surface area contributed by atoms with E-state index in [1.165, 1.54) is 6.20 Å². The van der Waals surface area contributed by atoms with Gasteiger partial charge in [0.05, 0.1) is 6.26 Å². The molecule has 1 N–H and O–H groups in total. The van der Waals surface area contributed by atoms with Crippen molar-refractivity contribution in [3.63, 3.8) is 0 Å². The lowest BCUT2D eigenvalue weighted by Crippen LogP contribution is -2.34. The van der Waals surface area contributed by atoms with Gasteiger partial charge in [-0.2, -0.15) is 0 Å². The summed E-state index contributed by atoms with van der Waals surface area (Å²) >= 11 is 0. The number of rotatable bonds is 5. The second-order valence-corrected chi connectivity index (χ2v) is 5.57. The fraction of sp³-hybridized carbons (Fsp3) is 0.167. The van der Waals surface area contributed by atoms with Crippen molar-refractivity contribution in [2.45, 2.75) is 0 Å². The van der Waals surface area contributed by atoms with Gasteiger partial charge in [0, 0.05) is 13.2 Å². The van der Waals surface area contributed by atoms with Gasteiger partial charge in [-0.25, -0.2) is 8.42 Å². The van der Waals surface area contributed by atoms with Crippen LogP contribution in [0, 0.1) is 7.05 Å². The monoisotopic (exact) mass is 267 g/mol. The van der Waals surface area contributed by atoms with Crippen LogP contribution in [0.3, 0.4) is 0 Å². The third kappa shape index (κ3) is 4.58. The highest BCUT2D eigenvalue weighted by Gasteiger charge is 2.14. The first-order chi connectivity index (χ1) is 8.43. The van der Waals surface area contributed by atoms with E-state index in [-0.39, 0.29) is 6.54 Å². The van der Waals surface area contributed by atoms with Crippen LogP contribution in [0.25, 0.3) is 6.08 Å². The molecule has 0 aliphatic rings. The molecule has 0 saturated carbocycles. The first-order valence-corrected chi connectivity index (χ1v) is 7.04. The molecule has 1 aromatic carbocycles. The van der Waals surface area contributed by atoms with E-state index < -0.39 is 15.9 Å². The Hall–Kier alpha value is -1.82. The average Bonchev–Trinajstić information content (AvgIpc) is 2.34. The molecule has 1 radical (unpaired) electrons. The molecule has 18 heavy (non-hydrogen) atoms. The number of hydrogen-bond donors (Lipinski definition) is 1. The molecule has 0 saturated heterocycles. The number of nitrogens with one attached hydrogen (secondary N) is 1. The standard InChI is InChI=1S/C12H15N2O3S/c1-13-12(15)10-14(18(2,16)17)9-8-11-6-4-3-5-7-11/h3-9H,1,10H2,2H3,(H,13,15). The Labute approximate surface area is 107 Å². The molecule has 0 atom stereocenters. The second-order valence-electron chi connectivity index (χ2n) is 3.63. The quantitative estimate of drug-likeness (QED) is 0.859. The van der Waals surface area contributed by atoms with Gasteiger partial charge in [-0.3, -0.25) is 9.10 Å². The Morgan fingerprint density at radius 1 is 1.39 bits per heavy atom. The number of sulfonamides is 1. The molecule has 1 aromatic rings. The van der Waals surface area contributed by atoms with Gasteiger partial charge in [-0.1, -0.05) is 30.3 Å². The van der Waals surface area contributed by atoms with Crippen LogP contribution < -0.4 is 5.32 Å². The van der Waals surface area contributed by atoms with Gasteiger partial charge in [0.25, 0.3) is 0 Å². The van der Waals surface area contributed by atoms with Gasteiger partial charge in [0.15, 0.2) is 0 Å². The van der Waals surface area contributed by atoms with E-state index in [9.17, 15) is 13.2 Å². The lowest BCUT2D eigenvalue weighted by atomic mass is 10.2. The molecule has 0 heterocycles. The highest BCUT2D eigenvalue weighted by Crippen LogP contribution is 2.05. The number of carbonyl (C=O) groups excluding carboxylic acids is 1. The van der Waals surface area contributed by atoms with Crippen LogP contribution in [-0.2, 0) is 14.8 Å². The normalized spacial score (nSPS) is 11.4. The third-order valence-electron chi connectivity index (χ3n) is 2.16. The minimum absolute atomic E-state index is 0.286. The highest BCUT2D eigenvalue weighted by atomic mass is 32.2. The topological polar surface area (TPSA) is 66.5 Å². The summed E-state index contributed by atoms with van der Waals surface area (Å²) in [7, 11) is -0.288. The minimum Gasteiger partial charge on any atom is -0.353 e. The lowest BCUT2D eigenvalue weighted by Gasteiger charge is -2.16. The fourth-order valence-electron chi connectivity index (χ4n) is 1.21. The van der Waals surface area contributed by atoms with E-state index in [0.29, 0.717) is 0 Å². The van der Waals surface area contributed by atoms with Crippen molar-refractivity contribution in [2.75, 3.05) is 12.8 Å². The number of benzene rings is 1.